The van der Waals surface area contributed by atoms with Crippen LogP contribution in [0.4, 0.5) is 0 Å². The van der Waals surface area contributed by atoms with Gasteiger partial charge in [0.15, 0.2) is 0 Å². The van der Waals surface area contributed by atoms with Gasteiger partial charge in [-0.3, -0.25) is 4.79 Å². The minimum Gasteiger partial charge on any atom is -0.342 e. The van der Waals surface area contributed by atoms with Crippen molar-refractivity contribution in [2.75, 3.05) is 13.1 Å². The molecular weight excluding hydrogens is 234 g/mol. The first kappa shape index (κ1) is 13.2. The second kappa shape index (κ2) is 6.11. The fourth-order valence-electron chi connectivity index (χ4n) is 4.18. The molecule has 1 aliphatic heterocycles. The molecule has 0 aromatic heterocycles. The molecule has 2 nitrogen and oxygen atoms in total. The summed E-state index contributed by atoms with van der Waals surface area (Å²) in [5.74, 6) is 2.77. The van der Waals surface area contributed by atoms with Crippen molar-refractivity contribution in [2.24, 2.45) is 17.8 Å². The Bertz CT molecular complexity index is 327. The van der Waals surface area contributed by atoms with Gasteiger partial charge in [-0.1, -0.05) is 44.3 Å². The number of amides is 1. The average Bonchev–Trinajstić information content (AvgIpc) is 2.90. The highest BCUT2D eigenvalue weighted by Crippen LogP contribution is 2.33. The van der Waals surface area contributed by atoms with E-state index >= 15 is 0 Å². The van der Waals surface area contributed by atoms with E-state index in [1.165, 1.54) is 44.9 Å². The summed E-state index contributed by atoms with van der Waals surface area (Å²) < 4.78 is 0. The molecule has 2 fully saturated rings. The van der Waals surface area contributed by atoms with Crippen molar-refractivity contribution in [1.29, 1.82) is 0 Å². The van der Waals surface area contributed by atoms with Crippen LogP contribution in [-0.2, 0) is 4.79 Å². The zero-order valence-corrected chi connectivity index (χ0v) is 12.0. The normalized spacial score (nSPS) is 31.5. The van der Waals surface area contributed by atoms with Crippen LogP contribution in [0, 0.1) is 17.8 Å². The highest BCUT2D eigenvalue weighted by molar-refractivity contribution is 5.76. The fourth-order valence-corrected chi connectivity index (χ4v) is 4.18. The molecule has 0 spiro atoms. The van der Waals surface area contributed by atoms with Gasteiger partial charge in [0.05, 0.1) is 0 Å². The molecule has 3 aliphatic rings. The van der Waals surface area contributed by atoms with E-state index in [0.29, 0.717) is 5.91 Å². The summed E-state index contributed by atoms with van der Waals surface area (Å²) in [7, 11) is 0. The molecule has 19 heavy (non-hydrogen) atoms. The number of carbonyl (C=O) groups is 1. The van der Waals surface area contributed by atoms with E-state index < -0.39 is 0 Å². The third-order valence-corrected chi connectivity index (χ3v) is 5.46. The number of hydrogen-bond donors (Lipinski definition) is 0. The average molecular weight is 261 g/mol. The molecule has 1 saturated carbocycles. The van der Waals surface area contributed by atoms with Crippen LogP contribution >= 0.6 is 0 Å². The van der Waals surface area contributed by atoms with E-state index in [-0.39, 0.29) is 0 Å². The zero-order valence-electron chi connectivity index (χ0n) is 12.0. The lowest BCUT2D eigenvalue weighted by molar-refractivity contribution is -0.130. The largest absolute Gasteiger partial charge is 0.342 e. The number of nitrogens with zero attached hydrogens (tertiary/aromatic N) is 1. The molecule has 1 saturated heterocycles. The molecule has 2 aliphatic carbocycles. The third-order valence-electron chi connectivity index (χ3n) is 5.46. The van der Waals surface area contributed by atoms with Gasteiger partial charge < -0.3 is 4.90 Å². The van der Waals surface area contributed by atoms with Gasteiger partial charge in [0.1, 0.15) is 0 Å². The van der Waals surface area contributed by atoms with E-state index in [9.17, 15) is 4.79 Å². The highest BCUT2D eigenvalue weighted by Gasteiger charge is 2.34. The molecule has 0 N–H and O–H groups in total. The van der Waals surface area contributed by atoms with E-state index in [2.05, 4.69) is 17.1 Å². The third kappa shape index (κ3) is 3.21. The van der Waals surface area contributed by atoms with Crippen LogP contribution in [0.1, 0.15) is 57.8 Å². The Kier molecular flexibility index (Phi) is 4.24. The highest BCUT2D eigenvalue weighted by atomic mass is 16.2. The number of hydrogen-bond acceptors (Lipinski definition) is 1. The Balaban J connectivity index is 1.43. The topological polar surface area (TPSA) is 20.3 Å². The lowest BCUT2D eigenvalue weighted by Crippen LogP contribution is -2.29. The lowest BCUT2D eigenvalue weighted by atomic mass is 9.86. The van der Waals surface area contributed by atoms with Crippen molar-refractivity contribution >= 4 is 5.91 Å². The zero-order chi connectivity index (χ0) is 13.1. The summed E-state index contributed by atoms with van der Waals surface area (Å²) in [4.78, 5) is 14.5. The van der Waals surface area contributed by atoms with Crippen LogP contribution in [0.25, 0.3) is 0 Å². The second-order valence-electron chi connectivity index (χ2n) is 6.80. The van der Waals surface area contributed by atoms with E-state index in [1.807, 2.05) is 0 Å². The van der Waals surface area contributed by atoms with Crippen molar-refractivity contribution < 1.29 is 4.79 Å². The van der Waals surface area contributed by atoms with Crippen molar-refractivity contribution in [3.8, 4) is 0 Å². The summed E-state index contributed by atoms with van der Waals surface area (Å²) in [6.45, 7) is 2.05. The minimum atomic E-state index is 0.431. The number of carbonyl (C=O) groups excluding carboxylic acids is 1. The molecule has 0 aromatic carbocycles. The first-order chi connectivity index (χ1) is 9.33. The number of rotatable bonds is 3. The van der Waals surface area contributed by atoms with Gasteiger partial charge in [0.25, 0.3) is 0 Å². The first-order valence-corrected chi connectivity index (χ1v) is 8.25. The molecule has 2 heteroatoms. The number of fused-ring (bicyclic) bond motifs is 1. The molecule has 1 amide bonds. The van der Waals surface area contributed by atoms with Gasteiger partial charge in [0.2, 0.25) is 5.91 Å². The van der Waals surface area contributed by atoms with Gasteiger partial charge in [-0.05, 0) is 37.0 Å². The molecule has 0 bridgehead atoms. The van der Waals surface area contributed by atoms with E-state index in [0.717, 1.165) is 43.7 Å². The maximum Gasteiger partial charge on any atom is 0.222 e. The predicted octanol–water partition coefficient (Wildman–Crippen LogP) is 3.77. The van der Waals surface area contributed by atoms with E-state index in [4.69, 9.17) is 0 Å². The van der Waals surface area contributed by atoms with Crippen molar-refractivity contribution in [1.82, 2.24) is 4.90 Å². The number of likely N-dealkylation sites (tertiary alicyclic amines) is 1. The quantitative estimate of drug-likeness (QED) is 0.708. The molecular formula is C17H27NO. The van der Waals surface area contributed by atoms with Crippen LogP contribution in [0.5, 0.6) is 0 Å². The SMILES string of the molecule is O=C(CCC1CCCCC1)N1CC2CC=CCC2C1. The van der Waals surface area contributed by atoms with Crippen molar-refractivity contribution in [3.05, 3.63) is 12.2 Å². The van der Waals surface area contributed by atoms with Crippen LogP contribution in [0.15, 0.2) is 12.2 Å². The maximum atomic E-state index is 12.3. The van der Waals surface area contributed by atoms with Gasteiger partial charge in [0, 0.05) is 19.5 Å². The standard InChI is InChI=1S/C17H27NO/c19-17(11-10-14-6-2-1-3-7-14)18-12-15-8-4-5-9-16(15)13-18/h4-5,14-16H,1-3,6-13H2. The molecule has 0 radical (unpaired) electrons. The van der Waals surface area contributed by atoms with Gasteiger partial charge in [-0.25, -0.2) is 0 Å². The summed E-state index contributed by atoms with van der Waals surface area (Å²) >= 11 is 0. The van der Waals surface area contributed by atoms with Gasteiger partial charge in [-0.2, -0.15) is 0 Å². The second-order valence-corrected chi connectivity index (χ2v) is 6.80. The molecule has 3 rings (SSSR count). The van der Waals surface area contributed by atoms with Crippen LogP contribution in [-0.4, -0.2) is 23.9 Å². The Labute approximate surface area is 117 Å². The van der Waals surface area contributed by atoms with Crippen LogP contribution in [0.3, 0.4) is 0 Å². The summed E-state index contributed by atoms with van der Waals surface area (Å²) in [5.41, 5.74) is 0. The summed E-state index contributed by atoms with van der Waals surface area (Å²) in [6.07, 6.45) is 15.8. The monoisotopic (exact) mass is 261 g/mol. The molecule has 106 valence electrons. The minimum absolute atomic E-state index is 0.431. The predicted molar refractivity (Wildman–Crippen MR) is 77.7 cm³/mol. The molecule has 2 unspecified atom stereocenters. The Hall–Kier alpha value is -0.790. The first-order valence-electron chi connectivity index (χ1n) is 8.25. The van der Waals surface area contributed by atoms with Crippen LogP contribution < -0.4 is 0 Å². The van der Waals surface area contributed by atoms with Crippen molar-refractivity contribution in [2.45, 2.75) is 57.8 Å². The Morgan fingerprint density at radius 3 is 2.26 bits per heavy atom. The van der Waals surface area contributed by atoms with Gasteiger partial charge in [-0.15, -0.1) is 0 Å². The van der Waals surface area contributed by atoms with Crippen LogP contribution in [0.2, 0.25) is 0 Å². The smallest absolute Gasteiger partial charge is 0.222 e. The lowest BCUT2D eigenvalue weighted by Gasteiger charge is -2.22. The molecule has 2 atom stereocenters. The summed E-state index contributed by atoms with van der Waals surface area (Å²) in [5, 5.41) is 0. The number of allylic oxidation sites excluding steroid dienone is 2. The molecule has 1 heterocycles. The van der Waals surface area contributed by atoms with Crippen molar-refractivity contribution in [3.63, 3.8) is 0 Å². The Morgan fingerprint density at radius 2 is 1.63 bits per heavy atom. The molecule has 0 aromatic rings. The fraction of sp³-hybridized carbons (Fsp3) is 0.824. The van der Waals surface area contributed by atoms with E-state index in [1.54, 1.807) is 0 Å². The summed E-state index contributed by atoms with van der Waals surface area (Å²) in [6, 6.07) is 0. The Morgan fingerprint density at radius 1 is 1.00 bits per heavy atom. The van der Waals surface area contributed by atoms with Gasteiger partial charge >= 0.3 is 0 Å². The maximum absolute atomic E-state index is 12.3.